The van der Waals surface area contributed by atoms with Crippen LogP contribution in [-0.2, 0) is 12.8 Å². The predicted octanol–water partition coefficient (Wildman–Crippen LogP) is 6.94. The number of aliphatic imine (C=N–C) groups is 1. The fourth-order valence-electron chi connectivity index (χ4n) is 2.50. The number of halogens is 4. The van der Waals surface area contributed by atoms with Gasteiger partial charge < -0.3 is 4.74 Å². The maximum Gasteiger partial charge on any atom is 0.417 e. The van der Waals surface area contributed by atoms with Crippen LogP contribution in [0.4, 0.5) is 13.2 Å². The zero-order chi connectivity index (χ0) is 19.7. The molecule has 0 atom stereocenters. The van der Waals surface area contributed by atoms with Crippen LogP contribution < -0.4 is 4.74 Å². The summed E-state index contributed by atoms with van der Waals surface area (Å²) in [6.07, 6.45) is 2.07. The van der Waals surface area contributed by atoms with E-state index >= 15 is 0 Å². The van der Waals surface area contributed by atoms with E-state index in [9.17, 15) is 13.2 Å². The van der Waals surface area contributed by atoms with E-state index in [1.807, 2.05) is 18.3 Å². The summed E-state index contributed by atoms with van der Waals surface area (Å²) in [6, 6.07) is 11.1. The number of nitrogens with zero attached hydrogens (tertiary/aromatic N) is 1. The summed E-state index contributed by atoms with van der Waals surface area (Å²) in [5.74, 6) is 0.582. The van der Waals surface area contributed by atoms with Crippen molar-refractivity contribution in [2.45, 2.75) is 45.4 Å². The van der Waals surface area contributed by atoms with Crippen molar-refractivity contribution in [1.29, 1.82) is 0 Å². The zero-order valence-corrected chi connectivity index (χ0v) is 16.0. The first-order chi connectivity index (χ1) is 12.9. The molecule has 0 spiro atoms. The quantitative estimate of drug-likeness (QED) is 0.332. The Bertz CT molecular complexity index is 742. The van der Waals surface area contributed by atoms with Gasteiger partial charge in [-0.1, -0.05) is 43.9 Å². The highest BCUT2D eigenvalue weighted by Crippen LogP contribution is 2.35. The molecule has 0 aliphatic rings. The number of hydrogen-bond acceptors (Lipinski definition) is 2. The van der Waals surface area contributed by atoms with Crippen LogP contribution in [0.2, 0.25) is 5.02 Å². The Morgan fingerprint density at radius 3 is 2.44 bits per heavy atom. The predicted molar refractivity (Wildman–Crippen MR) is 104 cm³/mol. The van der Waals surface area contributed by atoms with Crippen molar-refractivity contribution in [2.24, 2.45) is 4.99 Å². The van der Waals surface area contributed by atoms with Gasteiger partial charge in [-0.3, -0.25) is 4.99 Å². The standard InChI is InChI=1S/C21H23ClF3NO/c1-2-3-4-5-12-26-14-16-6-9-18(10-7-16)27-15-17-8-11-20(22)19(13-17)21(23,24)25/h6-11,13-14H,2-5,12,15H2,1H3/b26-14+. The van der Waals surface area contributed by atoms with Gasteiger partial charge in [0.2, 0.25) is 0 Å². The van der Waals surface area contributed by atoms with E-state index < -0.39 is 11.7 Å². The molecule has 146 valence electrons. The van der Waals surface area contributed by atoms with Gasteiger partial charge in [0.1, 0.15) is 12.4 Å². The molecule has 2 rings (SSSR count). The van der Waals surface area contributed by atoms with Gasteiger partial charge in [0.25, 0.3) is 0 Å². The minimum Gasteiger partial charge on any atom is -0.489 e. The van der Waals surface area contributed by atoms with Crippen LogP contribution in [0.3, 0.4) is 0 Å². The van der Waals surface area contributed by atoms with Crippen molar-refractivity contribution in [3.05, 3.63) is 64.2 Å². The van der Waals surface area contributed by atoms with Crippen molar-refractivity contribution in [3.63, 3.8) is 0 Å². The number of rotatable bonds is 9. The number of benzene rings is 2. The number of ether oxygens (including phenoxy) is 1. The van der Waals surface area contributed by atoms with Gasteiger partial charge in [-0.05, 0) is 53.9 Å². The molecule has 0 heterocycles. The minimum absolute atomic E-state index is 0.0329. The van der Waals surface area contributed by atoms with Crippen LogP contribution >= 0.6 is 11.6 Å². The monoisotopic (exact) mass is 397 g/mol. The lowest BCUT2D eigenvalue weighted by Crippen LogP contribution is -2.07. The Balaban J connectivity index is 1.87. The summed E-state index contributed by atoms with van der Waals surface area (Å²) >= 11 is 5.62. The second-order valence-corrected chi connectivity index (χ2v) is 6.67. The molecular weight excluding hydrogens is 375 g/mol. The van der Waals surface area contributed by atoms with Gasteiger partial charge >= 0.3 is 6.18 Å². The molecule has 0 N–H and O–H groups in total. The maximum absolute atomic E-state index is 12.9. The van der Waals surface area contributed by atoms with E-state index in [1.165, 1.54) is 31.4 Å². The molecule has 0 saturated heterocycles. The molecule has 0 aromatic heterocycles. The van der Waals surface area contributed by atoms with E-state index in [-0.39, 0.29) is 11.6 Å². The van der Waals surface area contributed by atoms with Crippen molar-refractivity contribution < 1.29 is 17.9 Å². The highest BCUT2D eigenvalue weighted by molar-refractivity contribution is 6.31. The molecule has 27 heavy (non-hydrogen) atoms. The Hall–Kier alpha value is -2.01. The van der Waals surface area contributed by atoms with Crippen LogP contribution in [0.15, 0.2) is 47.5 Å². The van der Waals surface area contributed by atoms with Crippen molar-refractivity contribution in [2.75, 3.05) is 6.54 Å². The van der Waals surface area contributed by atoms with E-state index in [0.717, 1.165) is 24.6 Å². The highest BCUT2D eigenvalue weighted by Gasteiger charge is 2.33. The lowest BCUT2D eigenvalue weighted by Gasteiger charge is -2.12. The third kappa shape index (κ3) is 7.25. The molecule has 6 heteroatoms. The Labute approximate surface area is 163 Å². The molecule has 0 unspecified atom stereocenters. The molecule has 2 aromatic carbocycles. The number of alkyl halides is 3. The van der Waals surface area contributed by atoms with Crippen LogP contribution in [-0.4, -0.2) is 12.8 Å². The van der Waals surface area contributed by atoms with Gasteiger partial charge in [-0.25, -0.2) is 0 Å². The van der Waals surface area contributed by atoms with Crippen LogP contribution in [0, 0.1) is 0 Å². The third-order valence-electron chi connectivity index (χ3n) is 4.00. The molecule has 0 saturated carbocycles. The highest BCUT2D eigenvalue weighted by atomic mass is 35.5. The molecular formula is C21H23ClF3NO. The van der Waals surface area contributed by atoms with E-state index in [0.29, 0.717) is 11.3 Å². The van der Waals surface area contributed by atoms with Crippen LogP contribution in [0.25, 0.3) is 0 Å². The number of unbranched alkanes of at least 4 members (excludes halogenated alkanes) is 3. The van der Waals surface area contributed by atoms with Crippen LogP contribution in [0.1, 0.15) is 49.3 Å². The van der Waals surface area contributed by atoms with Gasteiger partial charge in [0.05, 0.1) is 10.6 Å². The molecule has 2 aromatic rings. The first kappa shape index (κ1) is 21.3. The first-order valence-corrected chi connectivity index (χ1v) is 9.36. The minimum atomic E-state index is -4.48. The van der Waals surface area contributed by atoms with E-state index in [2.05, 4.69) is 11.9 Å². The lowest BCUT2D eigenvalue weighted by atomic mass is 10.1. The van der Waals surface area contributed by atoms with Crippen molar-refractivity contribution >= 4 is 17.8 Å². The molecule has 0 aliphatic heterocycles. The van der Waals surface area contributed by atoms with E-state index in [4.69, 9.17) is 16.3 Å². The summed E-state index contributed by atoms with van der Waals surface area (Å²) < 4.78 is 44.2. The Morgan fingerprint density at radius 2 is 1.78 bits per heavy atom. The molecule has 0 aliphatic carbocycles. The molecule has 0 fully saturated rings. The zero-order valence-electron chi connectivity index (χ0n) is 15.2. The molecule has 0 bridgehead atoms. The fourth-order valence-corrected chi connectivity index (χ4v) is 2.72. The second-order valence-electron chi connectivity index (χ2n) is 6.27. The molecule has 0 amide bonds. The average molecular weight is 398 g/mol. The maximum atomic E-state index is 12.9. The van der Waals surface area contributed by atoms with Crippen LogP contribution in [0.5, 0.6) is 5.75 Å². The summed E-state index contributed by atoms with van der Waals surface area (Å²) in [5, 5.41) is -0.315. The third-order valence-corrected chi connectivity index (χ3v) is 4.33. The van der Waals surface area contributed by atoms with Crippen molar-refractivity contribution in [3.8, 4) is 5.75 Å². The first-order valence-electron chi connectivity index (χ1n) is 8.98. The number of hydrogen-bond donors (Lipinski definition) is 0. The van der Waals surface area contributed by atoms with Gasteiger partial charge in [-0.2, -0.15) is 13.2 Å². The largest absolute Gasteiger partial charge is 0.489 e. The Morgan fingerprint density at radius 1 is 1.04 bits per heavy atom. The molecule has 2 nitrogen and oxygen atoms in total. The Kier molecular flexibility index (Phi) is 8.17. The van der Waals surface area contributed by atoms with Gasteiger partial charge in [0.15, 0.2) is 0 Å². The smallest absolute Gasteiger partial charge is 0.417 e. The average Bonchev–Trinajstić information content (AvgIpc) is 2.64. The van der Waals surface area contributed by atoms with Gasteiger partial charge in [-0.15, -0.1) is 0 Å². The SMILES string of the molecule is CCCCCC/N=C/c1ccc(OCc2ccc(Cl)c(C(F)(F)F)c2)cc1. The summed E-state index contributed by atoms with van der Waals surface area (Å²) in [6.45, 7) is 3.02. The summed E-state index contributed by atoms with van der Waals surface area (Å²) in [7, 11) is 0. The topological polar surface area (TPSA) is 21.6 Å². The lowest BCUT2D eigenvalue weighted by molar-refractivity contribution is -0.137. The van der Waals surface area contributed by atoms with Crippen molar-refractivity contribution in [1.82, 2.24) is 0 Å². The molecule has 0 radical (unpaired) electrons. The summed E-state index contributed by atoms with van der Waals surface area (Å²) in [4.78, 5) is 4.39. The van der Waals surface area contributed by atoms with E-state index in [1.54, 1.807) is 12.1 Å². The second kappa shape index (κ2) is 10.4. The fraction of sp³-hybridized carbons (Fsp3) is 0.381. The van der Waals surface area contributed by atoms with Gasteiger partial charge in [0, 0.05) is 12.8 Å². The normalized spacial score (nSPS) is 11.9. The summed E-state index contributed by atoms with van der Waals surface area (Å²) in [5.41, 5.74) is 0.517.